The maximum Gasteiger partial charge on any atom is 0.271 e. The topological polar surface area (TPSA) is 50.7 Å². The van der Waals surface area contributed by atoms with Gasteiger partial charge in [-0.3, -0.25) is 4.79 Å². The third kappa shape index (κ3) is 5.95. The zero-order chi connectivity index (χ0) is 19.6. The van der Waals surface area contributed by atoms with E-state index in [1.54, 1.807) is 18.3 Å². The van der Waals surface area contributed by atoms with Crippen LogP contribution < -0.4 is 10.2 Å². The number of carbonyl (C=O) groups excluding carboxylic acids is 1. The number of nitrogens with zero attached hydrogens (tertiary/aromatic N) is 1. The van der Waals surface area contributed by atoms with Crippen LogP contribution in [0.2, 0.25) is 0 Å². The number of hydrogen-bond donors (Lipinski definition) is 1. The molecule has 3 aromatic carbocycles. The Bertz CT molecular complexity index is 947. The van der Waals surface area contributed by atoms with Crippen LogP contribution in [0.4, 0.5) is 0 Å². The molecule has 3 aromatic rings. The molecular weight excluding hydrogens is 348 g/mol. The highest BCUT2D eigenvalue weighted by atomic mass is 16.5. The van der Waals surface area contributed by atoms with Gasteiger partial charge >= 0.3 is 0 Å². The number of amides is 1. The maximum absolute atomic E-state index is 12.2. The molecule has 0 aliphatic rings. The van der Waals surface area contributed by atoms with Gasteiger partial charge in [0.1, 0.15) is 12.4 Å². The van der Waals surface area contributed by atoms with E-state index in [-0.39, 0.29) is 5.91 Å². The van der Waals surface area contributed by atoms with Crippen molar-refractivity contribution >= 4 is 18.2 Å². The molecule has 0 fully saturated rings. The first-order chi connectivity index (χ1) is 13.7. The summed E-state index contributed by atoms with van der Waals surface area (Å²) in [6.45, 7) is 2.39. The summed E-state index contributed by atoms with van der Waals surface area (Å²) in [6.07, 6.45) is 3.63. The lowest BCUT2D eigenvalue weighted by Crippen LogP contribution is -2.17. The Kier molecular flexibility index (Phi) is 6.74. The summed E-state index contributed by atoms with van der Waals surface area (Å²) in [5.41, 5.74) is 6.12. The zero-order valence-electron chi connectivity index (χ0n) is 15.7. The minimum Gasteiger partial charge on any atom is -0.489 e. The molecule has 0 atom stereocenters. The first-order valence-electron chi connectivity index (χ1n) is 9.04. The molecule has 4 heteroatoms. The van der Waals surface area contributed by atoms with Crippen LogP contribution in [0.25, 0.3) is 6.08 Å². The van der Waals surface area contributed by atoms with E-state index in [0.717, 1.165) is 22.4 Å². The first-order valence-corrected chi connectivity index (χ1v) is 9.04. The van der Waals surface area contributed by atoms with Gasteiger partial charge in [-0.05, 0) is 47.9 Å². The fourth-order valence-corrected chi connectivity index (χ4v) is 2.54. The van der Waals surface area contributed by atoms with Crippen LogP contribution in [0, 0.1) is 0 Å². The van der Waals surface area contributed by atoms with Crippen LogP contribution >= 0.6 is 0 Å². The Morgan fingerprint density at radius 3 is 2.25 bits per heavy atom. The highest BCUT2D eigenvalue weighted by molar-refractivity contribution is 5.95. The van der Waals surface area contributed by atoms with Crippen molar-refractivity contribution in [1.29, 1.82) is 0 Å². The van der Waals surface area contributed by atoms with E-state index in [9.17, 15) is 4.79 Å². The molecule has 1 amide bonds. The standard InChI is InChI=1S/C24H22N2O2/c1-19(16-20-8-4-2-5-9-20)17-25-26-24(27)22-14-12-21(13-15-22)18-28-23-10-6-3-7-11-23/h2-17H,18H2,1H3,(H,26,27)/b19-16-,25-17-. The molecule has 4 nitrogen and oxygen atoms in total. The highest BCUT2D eigenvalue weighted by Gasteiger charge is 2.04. The lowest BCUT2D eigenvalue weighted by molar-refractivity contribution is 0.0955. The number of para-hydroxylation sites is 1. The van der Waals surface area contributed by atoms with Gasteiger partial charge in [-0.25, -0.2) is 5.43 Å². The quantitative estimate of drug-likeness (QED) is 0.465. The molecule has 0 saturated carbocycles. The number of nitrogens with one attached hydrogen (secondary N) is 1. The third-order valence-electron chi connectivity index (χ3n) is 3.99. The predicted octanol–water partition coefficient (Wildman–Crippen LogP) is 5.08. The summed E-state index contributed by atoms with van der Waals surface area (Å²) in [6, 6.07) is 26.9. The summed E-state index contributed by atoms with van der Waals surface area (Å²) < 4.78 is 5.70. The van der Waals surface area contributed by atoms with Gasteiger partial charge in [0.15, 0.2) is 0 Å². The van der Waals surface area contributed by atoms with Gasteiger partial charge < -0.3 is 4.74 Å². The second-order valence-electron chi connectivity index (χ2n) is 6.30. The molecule has 0 aliphatic carbocycles. The van der Waals surface area contributed by atoms with Crippen LogP contribution in [0.1, 0.15) is 28.4 Å². The van der Waals surface area contributed by atoms with Crippen molar-refractivity contribution in [3.63, 3.8) is 0 Å². The van der Waals surface area contributed by atoms with Crippen LogP contribution in [0.5, 0.6) is 5.75 Å². The van der Waals surface area contributed by atoms with Crippen molar-refractivity contribution in [3.8, 4) is 5.75 Å². The Morgan fingerprint density at radius 2 is 1.57 bits per heavy atom. The number of carbonyl (C=O) groups is 1. The predicted molar refractivity (Wildman–Crippen MR) is 113 cm³/mol. The Hall–Kier alpha value is -3.66. The smallest absolute Gasteiger partial charge is 0.271 e. The minimum absolute atomic E-state index is 0.251. The number of hydrazone groups is 1. The van der Waals surface area contributed by atoms with E-state index < -0.39 is 0 Å². The van der Waals surface area contributed by atoms with Crippen molar-refractivity contribution in [2.75, 3.05) is 0 Å². The van der Waals surface area contributed by atoms with Crippen molar-refractivity contribution in [3.05, 3.63) is 107 Å². The number of ether oxygens (including phenoxy) is 1. The van der Waals surface area contributed by atoms with Crippen molar-refractivity contribution < 1.29 is 9.53 Å². The van der Waals surface area contributed by atoms with Gasteiger partial charge in [0, 0.05) is 5.56 Å². The molecule has 28 heavy (non-hydrogen) atoms. The van der Waals surface area contributed by atoms with Gasteiger partial charge in [0.05, 0.1) is 6.21 Å². The average Bonchev–Trinajstić information content (AvgIpc) is 2.74. The number of benzene rings is 3. The van der Waals surface area contributed by atoms with Gasteiger partial charge in [0.2, 0.25) is 0 Å². The monoisotopic (exact) mass is 370 g/mol. The number of rotatable bonds is 7. The molecule has 0 radical (unpaired) electrons. The molecule has 0 heterocycles. The molecule has 1 N–H and O–H groups in total. The van der Waals surface area contributed by atoms with Gasteiger partial charge in [-0.15, -0.1) is 0 Å². The highest BCUT2D eigenvalue weighted by Crippen LogP contribution is 2.12. The Morgan fingerprint density at radius 1 is 0.929 bits per heavy atom. The van der Waals surface area contributed by atoms with Gasteiger partial charge in [0.25, 0.3) is 5.91 Å². The second kappa shape index (κ2) is 9.88. The largest absolute Gasteiger partial charge is 0.489 e. The van der Waals surface area contributed by atoms with E-state index in [1.807, 2.05) is 85.8 Å². The van der Waals surface area contributed by atoms with Crippen LogP contribution in [-0.4, -0.2) is 12.1 Å². The van der Waals surface area contributed by atoms with E-state index in [1.165, 1.54) is 0 Å². The SMILES string of the molecule is CC(/C=N\NC(=O)c1ccc(COc2ccccc2)cc1)=C/c1ccccc1. The third-order valence-corrected chi connectivity index (χ3v) is 3.99. The van der Waals surface area contributed by atoms with Crippen LogP contribution in [-0.2, 0) is 6.61 Å². The van der Waals surface area contributed by atoms with Crippen LogP contribution in [0.15, 0.2) is 95.6 Å². The summed E-state index contributed by atoms with van der Waals surface area (Å²) in [4.78, 5) is 12.2. The molecule has 0 aliphatic heterocycles. The Labute approximate surface area is 165 Å². The van der Waals surface area contributed by atoms with Crippen molar-refractivity contribution in [1.82, 2.24) is 5.43 Å². The minimum atomic E-state index is -0.251. The fraction of sp³-hybridized carbons (Fsp3) is 0.0833. The number of allylic oxidation sites excluding steroid dienone is 1. The lowest BCUT2D eigenvalue weighted by atomic mass is 10.1. The van der Waals surface area contributed by atoms with Gasteiger partial charge in [-0.2, -0.15) is 5.10 Å². The molecular formula is C24H22N2O2. The summed E-state index contributed by atoms with van der Waals surface area (Å²) in [5.74, 6) is 0.567. The summed E-state index contributed by atoms with van der Waals surface area (Å²) in [5, 5.41) is 4.02. The fourth-order valence-electron chi connectivity index (χ4n) is 2.54. The molecule has 3 rings (SSSR count). The summed E-state index contributed by atoms with van der Waals surface area (Å²) in [7, 11) is 0. The zero-order valence-corrected chi connectivity index (χ0v) is 15.7. The average molecular weight is 370 g/mol. The summed E-state index contributed by atoms with van der Waals surface area (Å²) >= 11 is 0. The second-order valence-corrected chi connectivity index (χ2v) is 6.30. The molecule has 0 aromatic heterocycles. The molecule has 0 unspecified atom stereocenters. The van der Waals surface area contributed by atoms with E-state index in [2.05, 4.69) is 10.5 Å². The van der Waals surface area contributed by atoms with Crippen LogP contribution in [0.3, 0.4) is 0 Å². The molecule has 0 spiro atoms. The van der Waals surface area contributed by atoms with E-state index >= 15 is 0 Å². The molecule has 0 bridgehead atoms. The lowest BCUT2D eigenvalue weighted by Gasteiger charge is -2.06. The van der Waals surface area contributed by atoms with Crippen molar-refractivity contribution in [2.45, 2.75) is 13.5 Å². The van der Waals surface area contributed by atoms with E-state index in [0.29, 0.717) is 12.2 Å². The maximum atomic E-state index is 12.2. The Balaban J connectivity index is 1.51. The van der Waals surface area contributed by atoms with Gasteiger partial charge in [-0.1, -0.05) is 66.7 Å². The molecule has 140 valence electrons. The normalized spacial score (nSPS) is 11.4. The number of hydrogen-bond acceptors (Lipinski definition) is 3. The van der Waals surface area contributed by atoms with E-state index in [4.69, 9.17) is 4.74 Å². The molecule has 0 saturated heterocycles. The first kappa shape index (κ1) is 19.1. The van der Waals surface area contributed by atoms with Crippen molar-refractivity contribution in [2.24, 2.45) is 5.10 Å².